The summed E-state index contributed by atoms with van der Waals surface area (Å²) in [7, 11) is 1.72. The van der Waals surface area contributed by atoms with Crippen LogP contribution >= 0.6 is 15.9 Å². The second-order valence-corrected chi connectivity index (χ2v) is 6.47. The van der Waals surface area contributed by atoms with Crippen LogP contribution in [-0.4, -0.2) is 7.11 Å². The quantitative estimate of drug-likeness (QED) is 0.560. The minimum Gasteiger partial charge on any atom is -0.497 e. The Morgan fingerprint density at radius 1 is 1.05 bits per heavy atom. The van der Waals surface area contributed by atoms with E-state index < -0.39 is 0 Å². The number of rotatable bonds is 7. The zero-order chi connectivity index (χ0) is 15.1. The van der Waals surface area contributed by atoms with Crippen LogP contribution in [0.4, 0.5) is 0 Å². The third kappa shape index (κ3) is 5.20. The van der Waals surface area contributed by atoms with Crippen molar-refractivity contribution in [3.05, 3.63) is 64.1 Å². The minimum absolute atomic E-state index is 0.562. The molecule has 0 aliphatic rings. The lowest BCUT2D eigenvalue weighted by Crippen LogP contribution is -1.96. The molecule has 0 aromatic heterocycles. The minimum atomic E-state index is 0.562. The molecule has 0 spiro atoms. The van der Waals surface area contributed by atoms with Gasteiger partial charge in [0.1, 0.15) is 5.75 Å². The fraction of sp³-hybridized carbons (Fsp3) is 0.368. The highest BCUT2D eigenvalue weighted by atomic mass is 79.9. The van der Waals surface area contributed by atoms with Gasteiger partial charge in [0.05, 0.1) is 7.11 Å². The van der Waals surface area contributed by atoms with Gasteiger partial charge in [0.15, 0.2) is 0 Å². The molecule has 0 heterocycles. The van der Waals surface area contributed by atoms with Gasteiger partial charge < -0.3 is 4.74 Å². The number of aryl methyl sites for hydroxylation is 1. The Bertz CT molecular complexity index is 551. The van der Waals surface area contributed by atoms with Gasteiger partial charge in [-0.1, -0.05) is 59.6 Å². The van der Waals surface area contributed by atoms with Crippen molar-refractivity contribution in [3.8, 4) is 5.75 Å². The van der Waals surface area contributed by atoms with Crippen molar-refractivity contribution in [2.45, 2.75) is 38.5 Å². The van der Waals surface area contributed by atoms with Crippen LogP contribution in [0.5, 0.6) is 5.75 Å². The molecule has 2 aromatic carbocycles. The van der Waals surface area contributed by atoms with Crippen LogP contribution in [0.3, 0.4) is 0 Å². The number of hydrogen-bond donors (Lipinski definition) is 0. The van der Waals surface area contributed by atoms with Gasteiger partial charge in [-0.15, -0.1) is 0 Å². The van der Waals surface area contributed by atoms with Crippen molar-refractivity contribution in [2.24, 2.45) is 0 Å². The van der Waals surface area contributed by atoms with Crippen LogP contribution in [0.1, 0.15) is 43.2 Å². The van der Waals surface area contributed by atoms with Crippen LogP contribution in [0, 0.1) is 0 Å². The van der Waals surface area contributed by atoms with E-state index in [2.05, 4.69) is 65.3 Å². The smallest absolute Gasteiger partial charge is 0.120 e. The van der Waals surface area contributed by atoms with Gasteiger partial charge in [-0.3, -0.25) is 0 Å². The van der Waals surface area contributed by atoms with Crippen LogP contribution < -0.4 is 4.74 Å². The lowest BCUT2D eigenvalue weighted by atomic mass is 9.94. The summed E-state index contributed by atoms with van der Waals surface area (Å²) in [5.74, 6) is 1.49. The Kier molecular flexibility index (Phi) is 6.31. The summed E-state index contributed by atoms with van der Waals surface area (Å²) < 4.78 is 6.43. The van der Waals surface area contributed by atoms with Gasteiger partial charge in [-0.05, 0) is 54.5 Å². The van der Waals surface area contributed by atoms with Crippen LogP contribution in [0.25, 0.3) is 0 Å². The van der Waals surface area contributed by atoms with Crippen molar-refractivity contribution in [1.29, 1.82) is 0 Å². The van der Waals surface area contributed by atoms with Crippen LogP contribution in [0.15, 0.2) is 53.0 Å². The molecule has 0 fully saturated rings. The highest BCUT2D eigenvalue weighted by molar-refractivity contribution is 9.10. The van der Waals surface area contributed by atoms with E-state index in [-0.39, 0.29) is 0 Å². The number of hydrogen-bond acceptors (Lipinski definition) is 1. The SMILES string of the molecule is COc1cc(Br)cc(C(C)CCCCc2ccccc2)c1. The second kappa shape index (κ2) is 8.23. The maximum absolute atomic E-state index is 5.34. The van der Waals surface area contributed by atoms with Crippen molar-refractivity contribution in [2.75, 3.05) is 7.11 Å². The zero-order valence-corrected chi connectivity index (χ0v) is 14.4. The molecule has 0 bridgehead atoms. The summed E-state index contributed by atoms with van der Waals surface area (Å²) >= 11 is 3.55. The fourth-order valence-electron chi connectivity index (χ4n) is 2.58. The topological polar surface area (TPSA) is 9.23 Å². The summed E-state index contributed by atoms with van der Waals surface area (Å²) in [5, 5.41) is 0. The molecule has 112 valence electrons. The first-order chi connectivity index (χ1) is 10.2. The van der Waals surface area contributed by atoms with Crippen LogP contribution in [-0.2, 0) is 6.42 Å². The monoisotopic (exact) mass is 346 g/mol. The highest BCUT2D eigenvalue weighted by Gasteiger charge is 2.08. The number of benzene rings is 2. The van der Waals surface area contributed by atoms with E-state index in [1.165, 1.54) is 36.8 Å². The first kappa shape index (κ1) is 16.1. The van der Waals surface area contributed by atoms with Gasteiger partial charge in [0.25, 0.3) is 0 Å². The van der Waals surface area contributed by atoms with E-state index in [1.807, 2.05) is 6.07 Å². The molecule has 0 radical (unpaired) electrons. The van der Waals surface area contributed by atoms with Crippen molar-refractivity contribution < 1.29 is 4.74 Å². The largest absolute Gasteiger partial charge is 0.497 e. The van der Waals surface area contributed by atoms with E-state index in [1.54, 1.807) is 7.11 Å². The maximum atomic E-state index is 5.34. The Hall–Kier alpha value is -1.28. The van der Waals surface area contributed by atoms with E-state index in [0.717, 1.165) is 10.2 Å². The number of ether oxygens (including phenoxy) is 1. The third-order valence-electron chi connectivity index (χ3n) is 3.89. The average Bonchev–Trinajstić information content (AvgIpc) is 2.51. The highest BCUT2D eigenvalue weighted by Crippen LogP contribution is 2.29. The second-order valence-electron chi connectivity index (χ2n) is 5.56. The molecule has 0 amide bonds. The molecule has 1 unspecified atom stereocenters. The summed E-state index contributed by atoms with van der Waals surface area (Å²) in [6.07, 6.45) is 4.90. The summed E-state index contributed by atoms with van der Waals surface area (Å²) in [6, 6.07) is 17.1. The van der Waals surface area contributed by atoms with Crippen molar-refractivity contribution >= 4 is 15.9 Å². The third-order valence-corrected chi connectivity index (χ3v) is 4.35. The van der Waals surface area contributed by atoms with E-state index in [4.69, 9.17) is 4.74 Å². The summed E-state index contributed by atoms with van der Waals surface area (Å²) in [4.78, 5) is 0. The molecule has 1 atom stereocenters. The van der Waals surface area contributed by atoms with Gasteiger partial charge in [0.2, 0.25) is 0 Å². The molecule has 0 saturated carbocycles. The lowest BCUT2D eigenvalue weighted by Gasteiger charge is -2.14. The molecule has 2 heteroatoms. The molecular weight excluding hydrogens is 324 g/mol. The Balaban J connectivity index is 1.81. The maximum Gasteiger partial charge on any atom is 0.120 e. The standard InChI is InChI=1S/C19H23BrO/c1-15(17-12-18(20)14-19(13-17)21-2)8-6-7-11-16-9-4-3-5-10-16/h3-5,9-10,12-15H,6-8,11H2,1-2H3. The molecular formula is C19H23BrO. The normalized spacial score (nSPS) is 12.1. The van der Waals surface area contributed by atoms with Crippen molar-refractivity contribution in [3.63, 3.8) is 0 Å². The molecule has 0 N–H and O–H groups in total. The number of unbranched alkanes of at least 4 members (excludes halogenated alkanes) is 1. The molecule has 0 aliphatic heterocycles. The summed E-state index contributed by atoms with van der Waals surface area (Å²) in [6.45, 7) is 2.30. The van der Waals surface area contributed by atoms with E-state index in [0.29, 0.717) is 5.92 Å². The molecule has 0 saturated heterocycles. The van der Waals surface area contributed by atoms with Crippen molar-refractivity contribution in [1.82, 2.24) is 0 Å². The summed E-state index contributed by atoms with van der Waals surface area (Å²) in [5.41, 5.74) is 2.79. The first-order valence-electron chi connectivity index (χ1n) is 7.57. The average molecular weight is 347 g/mol. The van der Waals surface area contributed by atoms with Gasteiger partial charge >= 0.3 is 0 Å². The van der Waals surface area contributed by atoms with E-state index in [9.17, 15) is 0 Å². The molecule has 21 heavy (non-hydrogen) atoms. The number of halogens is 1. The Labute approximate surface area is 136 Å². The fourth-order valence-corrected chi connectivity index (χ4v) is 3.07. The van der Waals surface area contributed by atoms with Gasteiger partial charge in [-0.25, -0.2) is 0 Å². The molecule has 2 aromatic rings. The Morgan fingerprint density at radius 3 is 2.52 bits per heavy atom. The molecule has 0 aliphatic carbocycles. The first-order valence-corrected chi connectivity index (χ1v) is 8.36. The van der Waals surface area contributed by atoms with Crippen LogP contribution in [0.2, 0.25) is 0 Å². The predicted octanol–water partition coefficient (Wildman–Crippen LogP) is 5.97. The number of methoxy groups -OCH3 is 1. The van der Waals surface area contributed by atoms with E-state index >= 15 is 0 Å². The molecule has 1 nitrogen and oxygen atoms in total. The lowest BCUT2D eigenvalue weighted by molar-refractivity contribution is 0.413. The Morgan fingerprint density at radius 2 is 1.81 bits per heavy atom. The van der Waals surface area contributed by atoms with Gasteiger partial charge in [-0.2, -0.15) is 0 Å². The van der Waals surface area contributed by atoms with Gasteiger partial charge in [0, 0.05) is 4.47 Å². The predicted molar refractivity (Wildman–Crippen MR) is 93.1 cm³/mol. The molecule has 2 rings (SSSR count). The zero-order valence-electron chi connectivity index (χ0n) is 12.8.